The molecule has 1 aromatic carbocycles. The van der Waals surface area contributed by atoms with Gasteiger partial charge in [0, 0.05) is 25.2 Å². The van der Waals surface area contributed by atoms with E-state index in [9.17, 15) is 9.59 Å². The van der Waals surface area contributed by atoms with Crippen molar-refractivity contribution >= 4 is 17.5 Å². The number of rotatable bonds is 8. The van der Waals surface area contributed by atoms with Gasteiger partial charge in [0.2, 0.25) is 11.8 Å². The topological polar surface area (TPSA) is 58.6 Å². The second-order valence-corrected chi connectivity index (χ2v) is 5.83. The van der Waals surface area contributed by atoms with Gasteiger partial charge in [-0.25, -0.2) is 0 Å². The molecule has 1 saturated heterocycles. The molecule has 1 aliphatic heterocycles. The monoisotopic (exact) mass is 318 g/mol. The number of carbonyl (C=O) groups excluding carboxylic acids is 2. The highest BCUT2D eigenvalue weighted by atomic mass is 16.5. The van der Waals surface area contributed by atoms with E-state index in [2.05, 4.69) is 12.2 Å². The SMILES string of the molecule is CCCCCNC(=O)C1CC(=O)N(c2ccc(OCC)cc2)C1. The molecule has 2 rings (SSSR count). The number of hydrogen-bond acceptors (Lipinski definition) is 3. The molecule has 1 fully saturated rings. The summed E-state index contributed by atoms with van der Waals surface area (Å²) in [5, 5.41) is 2.94. The van der Waals surface area contributed by atoms with Crippen molar-refractivity contribution in [3.05, 3.63) is 24.3 Å². The maximum absolute atomic E-state index is 12.2. The summed E-state index contributed by atoms with van der Waals surface area (Å²) in [6.45, 7) is 5.82. The average molecular weight is 318 g/mol. The van der Waals surface area contributed by atoms with Crippen molar-refractivity contribution in [2.45, 2.75) is 39.5 Å². The largest absolute Gasteiger partial charge is 0.494 e. The first-order valence-corrected chi connectivity index (χ1v) is 8.46. The summed E-state index contributed by atoms with van der Waals surface area (Å²) >= 11 is 0. The number of benzene rings is 1. The van der Waals surface area contributed by atoms with Gasteiger partial charge in [-0.1, -0.05) is 19.8 Å². The summed E-state index contributed by atoms with van der Waals surface area (Å²) in [6, 6.07) is 7.43. The Hall–Kier alpha value is -2.04. The van der Waals surface area contributed by atoms with E-state index in [0.717, 1.165) is 30.7 Å². The predicted octanol–water partition coefficient (Wildman–Crippen LogP) is 2.74. The minimum atomic E-state index is -0.254. The molecular formula is C18H26N2O3. The van der Waals surface area contributed by atoms with Gasteiger partial charge in [-0.3, -0.25) is 9.59 Å². The summed E-state index contributed by atoms with van der Waals surface area (Å²) in [6.07, 6.45) is 3.52. The highest BCUT2D eigenvalue weighted by molar-refractivity contribution is 6.00. The minimum Gasteiger partial charge on any atom is -0.494 e. The van der Waals surface area contributed by atoms with Crippen molar-refractivity contribution < 1.29 is 14.3 Å². The average Bonchev–Trinajstić information content (AvgIpc) is 2.94. The van der Waals surface area contributed by atoms with E-state index in [1.165, 1.54) is 0 Å². The van der Waals surface area contributed by atoms with E-state index in [-0.39, 0.29) is 24.2 Å². The summed E-state index contributed by atoms with van der Waals surface area (Å²) in [5.41, 5.74) is 0.819. The summed E-state index contributed by atoms with van der Waals surface area (Å²) < 4.78 is 5.41. The summed E-state index contributed by atoms with van der Waals surface area (Å²) in [7, 11) is 0. The smallest absolute Gasteiger partial charge is 0.227 e. The molecule has 0 radical (unpaired) electrons. The van der Waals surface area contributed by atoms with Crippen LogP contribution in [0.2, 0.25) is 0 Å². The van der Waals surface area contributed by atoms with Gasteiger partial charge in [-0.2, -0.15) is 0 Å². The molecule has 1 atom stereocenters. The van der Waals surface area contributed by atoms with Crippen molar-refractivity contribution in [2.75, 3.05) is 24.6 Å². The highest BCUT2D eigenvalue weighted by Gasteiger charge is 2.34. The Kier molecular flexibility index (Phi) is 6.44. The lowest BCUT2D eigenvalue weighted by atomic mass is 10.1. The van der Waals surface area contributed by atoms with E-state index < -0.39 is 0 Å². The van der Waals surface area contributed by atoms with Gasteiger partial charge >= 0.3 is 0 Å². The Labute approximate surface area is 138 Å². The highest BCUT2D eigenvalue weighted by Crippen LogP contribution is 2.27. The van der Waals surface area contributed by atoms with Gasteiger partial charge in [0.25, 0.3) is 0 Å². The van der Waals surface area contributed by atoms with Crippen LogP contribution in [0.5, 0.6) is 5.75 Å². The second kappa shape index (κ2) is 8.56. The van der Waals surface area contributed by atoms with Crippen molar-refractivity contribution in [1.82, 2.24) is 5.32 Å². The zero-order chi connectivity index (χ0) is 16.7. The van der Waals surface area contributed by atoms with Crippen LogP contribution in [0.1, 0.15) is 39.5 Å². The number of hydrogen-bond donors (Lipinski definition) is 1. The Morgan fingerprint density at radius 1 is 1.26 bits per heavy atom. The molecule has 5 heteroatoms. The van der Waals surface area contributed by atoms with E-state index >= 15 is 0 Å². The van der Waals surface area contributed by atoms with Gasteiger partial charge in [-0.15, -0.1) is 0 Å². The molecule has 1 aliphatic rings. The van der Waals surface area contributed by atoms with Gasteiger partial charge in [-0.05, 0) is 37.6 Å². The number of unbranched alkanes of at least 4 members (excludes halogenated alkanes) is 2. The number of nitrogens with zero attached hydrogens (tertiary/aromatic N) is 1. The van der Waals surface area contributed by atoms with Crippen LogP contribution in [0.4, 0.5) is 5.69 Å². The Balaban J connectivity index is 1.90. The lowest BCUT2D eigenvalue weighted by molar-refractivity contribution is -0.126. The summed E-state index contributed by atoms with van der Waals surface area (Å²) in [4.78, 5) is 26.0. The third-order valence-corrected chi connectivity index (χ3v) is 4.03. The Bertz CT molecular complexity index is 528. The maximum atomic E-state index is 12.2. The van der Waals surface area contributed by atoms with Crippen molar-refractivity contribution in [1.29, 1.82) is 0 Å². The van der Waals surface area contributed by atoms with E-state index in [0.29, 0.717) is 19.7 Å². The first kappa shape index (κ1) is 17.3. The zero-order valence-corrected chi connectivity index (χ0v) is 14.0. The minimum absolute atomic E-state index is 0.00266. The number of amides is 2. The third kappa shape index (κ3) is 4.71. The molecule has 0 bridgehead atoms. The second-order valence-electron chi connectivity index (χ2n) is 5.83. The van der Waals surface area contributed by atoms with Crippen molar-refractivity contribution in [2.24, 2.45) is 5.92 Å². The molecule has 0 saturated carbocycles. The lowest BCUT2D eigenvalue weighted by Gasteiger charge is -2.17. The lowest BCUT2D eigenvalue weighted by Crippen LogP contribution is -2.33. The fourth-order valence-electron chi connectivity index (χ4n) is 2.75. The van der Waals surface area contributed by atoms with Crippen LogP contribution in [0.15, 0.2) is 24.3 Å². The number of carbonyl (C=O) groups is 2. The van der Waals surface area contributed by atoms with Crippen LogP contribution in [-0.2, 0) is 9.59 Å². The van der Waals surface area contributed by atoms with Crippen LogP contribution < -0.4 is 15.0 Å². The fraction of sp³-hybridized carbons (Fsp3) is 0.556. The first-order valence-electron chi connectivity index (χ1n) is 8.46. The molecule has 5 nitrogen and oxygen atoms in total. The quantitative estimate of drug-likeness (QED) is 0.750. The molecule has 1 heterocycles. The zero-order valence-electron chi connectivity index (χ0n) is 14.0. The maximum Gasteiger partial charge on any atom is 0.227 e. The van der Waals surface area contributed by atoms with Gasteiger partial charge in [0.1, 0.15) is 5.75 Å². The van der Waals surface area contributed by atoms with Crippen LogP contribution in [0.25, 0.3) is 0 Å². The number of nitrogens with one attached hydrogen (secondary N) is 1. The standard InChI is InChI=1S/C18H26N2O3/c1-3-5-6-11-19-18(22)14-12-17(21)20(13-14)15-7-9-16(10-8-15)23-4-2/h7-10,14H,3-6,11-13H2,1-2H3,(H,19,22). The Morgan fingerprint density at radius 2 is 2.00 bits per heavy atom. The molecule has 1 aromatic rings. The number of anilines is 1. The molecule has 1 N–H and O–H groups in total. The molecule has 0 spiro atoms. The first-order chi connectivity index (χ1) is 11.2. The molecule has 2 amide bonds. The van der Waals surface area contributed by atoms with E-state index in [1.807, 2.05) is 31.2 Å². The number of ether oxygens (including phenoxy) is 1. The molecule has 0 aromatic heterocycles. The van der Waals surface area contributed by atoms with Crippen LogP contribution in [-0.4, -0.2) is 31.5 Å². The molecule has 23 heavy (non-hydrogen) atoms. The predicted molar refractivity (Wildman–Crippen MR) is 90.6 cm³/mol. The van der Waals surface area contributed by atoms with Crippen LogP contribution >= 0.6 is 0 Å². The van der Waals surface area contributed by atoms with Crippen LogP contribution in [0, 0.1) is 5.92 Å². The van der Waals surface area contributed by atoms with E-state index in [4.69, 9.17) is 4.74 Å². The normalized spacial score (nSPS) is 17.4. The molecular weight excluding hydrogens is 292 g/mol. The Morgan fingerprint density at radius 3 is 2.65 bits per heavy atom. The molecule has 0 aliphatic carbocycles. The van der Waals surface area contributed by atoms with Gasteiger partial charge in [0.05, 0.1) is 12.5 Å². The van der Waals surface area contributed by atoms with E-state index in [1.54, 1.807) is 4.90 Å². The molecule has 1 unspecified atom stereocenters. The molecule has 126 valence electrons. The van der Waals surface area contributed by atoms with Gasteiger partial charge in [0.15, 0.2) is 0 Å². The van der Waals surface area contributed by atoms with Crippen molar-refractivity contribution in [3.63, 3.8) is 0 Å². The van der Waals surface area contributed by atoms with Crippen molar-refractivity contribution in [3.8, 4) is 5.75 Å². The fourth-order valence-corrected chi connectivity index (χ4v) is 2.75. The van der Waals surface area contributed by atoms with Crippen LogP contribution in [0.3, 0.4) is 0 Å². The van der Waals surface area contributed by atoms with Gasteiger partial charge < -0.3 is 15.0 Å². The summed E-state index contributed by atoms with van der Waals surface area (Å²) in [5.74, 6) is 0.523. The third-order valence-electron chi connectivity index (χ3n) is 4.03.